The number of benzene rings is 4. The Morgan fingerprint density at radius 1 is 0.567 bits per heavy atom. The van der Waals surface area contributed by atoms with Gasteiger partial charge in [-0.3, -0.25) is 4.57 Å². The molecule has 0 atom stereocenters. The van der Waals surface area contributed by atoms with E-state index in [0.29, 0.717) is 0 Å². The molecule has 0 aliphatic rings. The third-order valence-electron chi connectivity index (χ3n) is 5.62. The second kappa shape index (κ2) is 6.75. The molecule has 0 amide bonds. The van der Waals surface area contributed by atoms with Gasteiger partial charge in [0.25, 0.3) is 0 Å². The summed E-state index contributed by atoms with van der Waals surface area (Å²) in [6.45, 7) is 0. The lowest BCUT2D eigenvalue weighted by Gasteiger charge is -2.10. The minimum atomic E-state index is 0.946. The number of imidazole rings is 1. The van der Waals surface area contributed by atoms with Crippen LogP contribution in [-0.4, -0.2) is 14.1 Å². The highest BCUT2D eigenvalue weighted by Gasteiger charge is 2.14. The molecule has 142 valence electrons. The van der Waals surface area contributed by atoms with Crippen LogP contribution in [0.15, 0.2) is 116 Å². The first-order valence-electron chi connectivity index (χ1n) is 10.1. The second-order valence-electron chi connectivity index (χ2n) is 7.38. The van der Waals surface area contributed by atoms with E-state index in [-0.39, 0.29) is 0 Å². The van der Waals surface area contributed by atoms with Gasteiger partial charge >= 0.3 is 0 Å². The van der Waals surface area contributed by atoms with Crippen LogP contribution < -0.4 is 0 Å². The quantitative estimate of drug-likeness (QED) is 0.335. The minimum absolute atomic E-state index is 0.946. The van der Waals surface area contributed by atoms with Crippen molar-refractivity contribution in [1.82, 2.24) is 14.1 Å². The number of fused-ring (bicyclic) bond motifs is 3. The molecule has 0 bridgehead atoms. The number of aromatic nitrogens is 3. The monoisotopic (exact) mass is 385 g/mol. The van der Waals surface area contributed by atoms with E-state index in [2.05, 4.69) is 99.0 Å². The van der Waals surface area contributed by atoms with Gasteiger partial charge < -0.3 is 4.57 Å². The summed E-state index contributed by atoms with van der Waals surface area (Å²) < 4.78 is 4.49. The predicted molar refractivity (Wildman–Crippen MR) is 123 cm³/mol. The first-order chi connectivity index (χ1) is 14.9. The Labute approximate surface area is 174 Å². The Morgan fingerprint density at radius 3 is 2.10 bits per heavy atom. The maximum Gasteiger partial charge on any atom is 0.144 e. The average Bonchev–Trinajstić information content (AvgIpc) is 3.43. The van der Waals surface area contributed by atoms with Crippen LogP contribution in [0.5, 0.6) is 0 Å². The fourth-order valence-electron chi connectivity index (χ4n) is 4.28. The van der Waals surface area contributed by atoms with E-state index in [0.717, 1.165) is 17.1 Å². The third kappa shape index (κ3) is 2.56. The van der Waals surface area contributed by atoms with Gasteiger partial charge in [-0.25, -0.2) is 4.98 Å². The average molecular weight is 385 g/mol. The van der Waals surface area contributed by atoms with Crippen molar-refractivity contribution in [3.63, 3.8) is 0 Å². The Morgan fingerprint density at radius 2 is 1.27 bits per heavy atom. The van der Waals surface area contributed by atoms with Crippen LogP contribution in [0.25, 0.3) is 44.6 Å². The van der Waals surface area contributed by atoms with Gasteiger partial charge in [0.05, 0.1) is 11.0 Å². The molecule has 0 fully saturated rings. The predicted octanol–water partition coefficient (Wildman–Crippen LogP) is 6.64. The van der Waals surface area contributed by atoms with Crippen molar-refractivity contribution in [1.29, 1.82) is 0 Å². The fraction of sp³-hybridized carbons (Fsp3) is 0. The van der Waals surface area contributed by atoms with Crippen molar-refractivity contribution in [2.45, 2.75) is 0 Å². The van der Waals surface area contributed by atoms with Gasteiger partial charge in [-0.1, -0.05) is 66.7 Å². The largest absolute Gasteiger partial charge is 0.309 e. The van der Waals surface area contributed by atoms with Crippen molar-refractivity contribution < 1.29 is 0 Å². The first kappa shape index (κ1) is 16.8. The molecule has 6 rings (SSSR count). The van der Waals surface area contributed by atoms with Crippen LogP contribution >= 0.6 is 0 Å². The van der Waals surface area contributed by atoms with Crippen LogP contribution in [0.3, 0.4) is 0 Å². The molecule has 0 saturated heterocycles. The molecule has 4 aromatic carbocycles. The van der Waals surface area contributed by atoms with E-state index in [1.807, 2.05) is 30.6 Å². The fourth-order valence-corrected chi connectivity index (χ4v) is 4.28. The first-order valence-corrected chi connectivity index (χ1v) is 10.1. The smallest absolute Gasteiger partial charge is 0.144 e. The summed E-state index contributed by atoms with van der Waals surface area (Å²) in [5.74, 6) is 0.946. The highest BCUT2D eigenvalue weighted by molar-refractivity contribution is 6.09. The van der Waals surface area contributed by atoms with E-state index < -0.39 is 0 Å². The van der Waals surface area contributed by atoms with Crippen molar-refractivity contribution in [2.24, 2.45) is 0 Å². The van der Waals surface area contributed by atoms with Gasteiger partial charge in [-0.05, 0) is 36.4 Å². The molecule has 30 heavy (non-hydrogen) atoms. The molecular weight excluding hydrogens is 366 g/mol. The van der Waals surface area contributed by atoms with Gasteiger partial charge in [0.1, 0.15) is 5.82 Å². The number of para-hydroxylation sites is 2. The molecular formula is C27H19N3. The molecule has 0 aliphatic carbocycles. The molecule has 2 heterocycles. The standard InChI is InChI=1S/C27H19N3/c1-3-9-20(10-4-1)27-28-17-18-29(27)22-15-16-26-24(19-22)23-13-7-8-14-25(23)30(26)21-11-5-2-6-12-21/h1-19H. The van der Waals surface area contributed by atoms with Crippen molar-refractivity contribution >= 4 is 21.8 Å². The lowest BCUT2D eigenvalue weighted by Crippen LogP contribution is -1.97. The Bertz CT molecular complexity index is 1470. The highest BCUT2D eigenvalue weighted by Crippen LogP contribution is 2.34. The molecule has 2 aromatic heterocycles. The highest BCUT2D eigenvalue weighted by atomic mass is 15.1. The summed E-state index contributed by atoms with van der Waals surface area (Å²) in [6.07, 6.45) is 3.89. The van der Waals surface area contributed by atoms with Crippen molar-refractivity contribution in [3.05, 3.63) is 116 Å². The molecule has 3 heteroatoms. The normalized spacial score (nSPS) is 11.3. The Hall–Kier alpha value is -4.11. The molecule has 0 radical (unpaired) electrons. The topological polar surface area (TPSA) is 22.8 Å². The van der Waals surface area contributed by atoms with E-state index in [1.165, 1.54) is 27.5 Å². The molecule has 0 aliphatic heterocycles. The van der Waals surface area contributed by atoms with Gasteiger partial charge in [0, 0.05) is 40.1 Å². The van der Waals surface area contributed by atoms with Crippen LogP contribution in [0, 0.1) is 0 Å². The number of hydrogen-bond donors (Lipinski definition) is 0. The van der Waals surface area contributed by atoms with Crippen LogP contribution in [0.4, 0.5) is 0 Å². The van der Waals surface area contributed by atoms with Crippen LogP contribution in [0.2, 0.25) is 0 Å². The Balaban J connectivity index is 1.61. The maximum absolute atomic E-state index is 4.62. The minimum Gasteiger partial charge on any atom is -0.309 e. The van der Waals surface area contributed by atoms with E-state index in [9.17, 15) is 0 Å². The summed E-state index contributed by atoms with van der Waals surface area (Å²) in [4.78, 5) is 4.62. The zero-order chi connectivity index (χ0) is 19.9. The lowest BCUT2D eigenvalue weighted by molar-refractivity contribution is 1.07. The third-order valence-corrected chi connectivity index (χ3v) is 5.62. The number of hydrogen-bond acceptors (Lipinski definition) is 1. The van der Waals surface area contributed by atoms with Gasteiger partial charge in [0.2, 0.25) is 0 Å². The summed E-state index contributed by atoms with van der Waals surface area (Å²) in [6, 6.07) is 36.1. The van der Waals surface area contributed by atoms with Gasteiger partial charge in [0.15, 0.2) is 0 Å². The molecule has 0 spiro atoms. The molecule has 0 N–H and O–H groups in total. The summed E-state index contributed by atoms with van der Waals surface area (Å²) >= 11 is 0. The summed E-state index contributed by atoms with van der Waals surface area (Å²) in [5, 5.41) is 2.49. The van der Waals surface area contributed by atoms with Crippen LogP contribution in [0.1, 0.15) is 0 Å². The van der Waals surface area contributed by atoms with Crippen molar-refractivity contribution in [2.75, 3.05) is 0 Å². The second-order valence-corrected chi connectivity index (χ2v) is 7.38. The Kier molecular flexibility index (Phi) is 3.78. The van der Waals surface area contributed by atoms with E-state index in [1.54, 1.807) is 0 Å². The summed E-state index contributed by atoms with van der Waals surface area (Å²) in [7, 11) is 0. The molecule has 0 unspecified atom stereocenters. The molecule has 0 saturated carbocycles. The zero-order valence-electron chi connectivity index (χ0n) is 16.3. The number of nitrogens with zero attached hydrogens (tertiary/aromatic N) is 3. The van der Waals surface area contributed by atoms with E-state index >= 15 is 0 Å². The number of rotatable bonds is 3. The maximum atomic E-state index is 4.62. The van der Waals surface area contributed by atoms with E-state index in [4.69, 9.17) is 0 Å². The zero-order valence-corrected chi connectivity index (χ0v) is 16.3. The van der Waals surface area contributed by atoms with Crippen LogP contribution in [-0.2, 0) is 0 Å². The summed E-state index contributed by atoms with van der Waals surface area (Å²) in [5.41, 5.74) is 5.80. The SMILES string of the molecule is c1ccc(-c2nccn2-c2ccc3c(c2)c2ccccc2n3-c2ccccc2)cc1. The van der Waals surface area contributed by atoms with Gasteiger partial charge in [-0.15, -0.1) is 0 Å². The van der Waals surface area contributed by atoms with Gasteiger partial charge in [-0.2, -0.15) is 0 Å². The molecule has 3 nitrogen and oxygen atoms in total. The lowest BCUT2D eigenvalue weighted by atomic mass is 10.1. The van der Waals surface area contributed by atoms with Crippen molar-refractivity contribution in [3.8, 4) is 22.8 Å². The molecule has 6 aromatic rings.